The van der Waals surface area contributed by atoms with E-state index in [1.54, 1.807) is 12.4 Å². The maximum atomic E-state index is 4.37. The minimum absolute atomic E-state index is 0.999. The van der Waals surface area contributed by atoms with Gasteiger partial charge in [-0.15, -0.1) is 0 Å². The molecule has 0 atom stereocenters. The molecule has 28 heavy (non-hydrogen) atoms. The van der Waals surface area contributed by atoms with Crippen LogP contribution in [0.5, 0.6) is 0 Å². The van der Waals surface area contributed by atoms with Crippen molar-refractivity contribution in [1.29, 1.82) is 0 Å². The molecule has 0 aliphatic carbocycles. The average Bonchev–Trinajstić information content (AvgIpc) is 2.79. The number of nitrogens with zero attached hydrogens (tertiary/aromatic N) is 4. The quantitative estimate of drug-likeness (QED) is 0.333. The summed E-state index contributed by atoms with van der Waals surface area (Å²) < 4.78 is 0. The van der Waals surface area contributed by atoms with E-state index in [0.29, 0.717) is 0 Å². The molecule has 0 saturated heterocycles. The van der Waals surface area contributed by atoms with E-state index in [1.165, 1.54) is 0 Å². The average molecular weight is 360 g/mol. The zero-order valence-electron chi connectivity index (χ0n) is 15.0. The van der Waals surface area contributed by atoms with Crippen LogP contribution in [-0.4, -0.2) is 19.9 Å². The van der Waals surface area contributed by atoms with Gasteiger partial charge in [0.1, 0.15) is 0 Å². The van der Waals surface area contributed by atoms with Gasteiger partial charge in [-0.2, -0.15) is 0 Å². The highest BCUT2D eigenvalue weighted by atomic mass is 14.7. The van der Waals surface area contributed by atoms with Gasteiger partial charge in [-0.3, -0.25) is 19.9 Å². The molecule has 0 aliphatic rings. The topological polar surface area (TPSA) is 51.6 Å². The minimum atomic E-state index is 0.999. The Bertz CT molecular complexity index is 1210. The maximum Gasteiger partial charge on any atom is 0.0795 e. The number of hydrogen-bond acceptors (Lipinski definition) is 4. The van der Waals surface area contributed by atoms with Crippen LogP contribution < -0.4 is 0 Å². The van der Waals surface area contributed by atoms with Crippen LogP contribution in [0.2, 0.25) is 0 Å². The maximum absolute atomic E-state index is 4.37. The van der Waals surface area contributed by atoms with Crippen molar-refractivity contribution in [1.82, 2.24) is 19.9 Å². The Morgan fingerprint density at radius 2 is 0.821 bits per heavy atom. The molecule has 0 unspecified atom stereocenters. The zero-order valence-corrected chi connectivity index (χ0v) is 15.0. The molecule has 0 bridgehead atoms. The molecule has 0 radical (unpaired) electrons. The monoisotopic (exact) mass is 360 g/mol. The molecule has 0 aliphatic heterocycles. The molecule has 132 valence electrons. The number of aromatic nitrogens is 4. The summed E-state index contributed by atoms with van der Waals surface area (Å²) >= 11 is 0. The zero-order chi connectivity index (χ0) is 18.8. The lowest BCUT2D eigenvalue weighted by atomic mass is 10.1. The molecule has 4 nitrogen and oxygen atoms in total. The third kappa shape index (κ3) is 2.91. The van der Waals surface area contributed by atoms with Crippen LogP contribution in [0, 0.1) is 0 Å². The Kier molecular flexibility index (Phi) is 4.07. The van der Waals surface area contributed by atoms with E-state index < -0.39 is 0 Å². The lowest BCUT2D eigenvalue weighted by Gasteiger charge is -2.00. The van der Waals surface area contributed by atoms with E-state index in [1.807, 2.05) is 48.8 Å². The van der Waals surface area contributed by atoms with Crippen molar-refractivity contribution in [3.05, 3.63) is 97.6 Å². The van der Waals surface area contributed by atoms with Crippen molar-refractivity contribution in [2.75, 3.05) is 0 Å². The lowest BCUT2D eigenvalue weighted by molar-refractivity contribution is 1.39. The van der Waals surface area contributed by atoms with Crippen molar-refractivity contribution >= 4 is 43.6 Å². The van der Waals surface area contributed by atoms with E-state index in [4.69, 9.17) is 0 Å². The standard InChI is InChI=1S/2C12H8N2/c2*1-3-9-5-6-11-10(4-2-7-13-11)12(9)14-8-1/h2*1-8H. The Morgan fingerprint density at radius 3 is 1.32 bits per heavy atom. The minimum Gasteiger partial charge on any atom is -0.256 e. The number of pyridine rings is 4. The molecular weight excluding hydrogens is 344 g/mol. The first kappa shape index (κ1) is 16.3. The van der Waals surface area contributed by atoms with Crippen LogP contribution in [0.4, 0.5) is 0 Å². The van der Waals surface area contributed by atoms with E-state index in [2.05, 4.69) is 56.3 Å². The van der Waals surface area contributed by atoms with Crippen molar-refractivity contribution in [2.24, 2.45) is 0 Å². The molecule has 2 aromatic carbocycles. The van der Waals surface area contributed by atoms with Gasteiger partial charge in [-0.25, -0.2) is 0 Å². The van der Waals surface area contributed by atoms with Gasteiger partial charge in [0.2, 0.25) is 0 Å². The summed E-state index contributed by atoms with van der Waals surface area (Å²) in [4.78, 5) is 17.3. The largest absolute Gasteiger partial charge is 0.256 e. The number of benzene rings is 2. The van der Waals surface area contributed by atoms with E-state index in [9.17, 15) is 0 Å². The molecule has 4 heterocycles. The summed E-state index contributed by atoms with van der Waals surface area (Å²) in [7, 11) is 0. The van der Waals surface area contributed by atoms with Gasteiger partial charge in [-0.05, 0) is 48.5 Å². The molecule has 0 fully saturated rings. The fourth-order valence-electron chi connectivity index (χ4n) is 3.39. The van der Waals surface area contributed by atoms with Crippen molar-refractivity contribution in [3.63, 3.8) is 0 Å². The highest BCUT2D eigenvalue weighted by Crippen LogP contribution is 2.22. The highest BCUT2D eigenvalue weighted by Gasteiger charge is 2.00. The van der Waals surface area contributed by atoms with Crippen LogP contribution in [0.3, 0.4) is 0 Å². The molecule has 4 aromatic heterocycles. The van der Waals surface area contributed by atoms with E-state index in [0.717, 1.165) is 43.6 Å². The number of rotatable bonds is 0. The summed E-state index contributed by atoms with van der Waals surface area (Å²) in [5.74, 6) is 0. The summed E-state index contributed by atoms with van der Waals surface area (Å²) in [6.07, 6.45) is 7.23. The number of fused-ring (bicyclic) bond motifs is 6. The first-order valence-electron chi connectivity index (χ1n) is 9.07. The number of hydrogen-bond donors (Lipinski definition) is 0. The first-order valence-corrected chi connectivity index (χ1v) is 9.07. The van der Waals surface area contributed by atoms with Gasteiger partial charge in [0.05, 0.1) is 22.1 Å². The van der Waals surface area contributed by atoms with Crippen LogP contribution >= 0.6 is 0 Å². The van der Waals surface area contributed by atoms with Gasteiger partial charge in [0.25, 0.3) is 0 Å². The van der Waals surface area contributed by atoms with Gasteiger partial charge in [0.15, 0.2) is 0 Å². The Balaban J connectivity index is 0.000000122. The highest BCUT2D eigenvalue weighted by molar-refractivity contribution is 6.04. The second-order valence-electron chi connectivity index (χ2n) is 6.42. The summed E-state index contributed by atoms with van der Waals surface area (Å²) in [5, 5.41) is 4.55. The fraction of sp³-hybridized carbons (Fsp3) is 0. The SMILES string of the molecule is c1cnc2c(c1)ccc1ncccc12.c1cnc2c(c1)ccc1ncccc12. The normalized spacial score (nSPS) is 10.9. The van der Waals surface area contributed by atoms with Gasteiger partial charge in [0, 0.05) is 46.3 Å². The van der Waals surface area contributed by atoms with Crippen molar-refractivity contribution in [3.8, 4) is 0 Å². The van der Waals surface area contributed by atoms with E-state index in [-0.39, 0.29) is 0 Å². The predicted molar refractivity (Wildman–Crippen MR) is 114 cm³/mol. The van der Waals surface area contributed by atoms with Crippen LogP contribution in [0.25, 0.3) is 43.6 Å². The summed E-state index contributed by atoms with van der Waals surface area (Å²) in [6, 6.07) is 24.2. The third-order valence-electron chi connectivity index (χ3n) is 4.71. The summed E-state index contributed by atoms with van der Waals surface area (Å²) in [6.45, 7) is 0. The molecule has 6 rings (SSSR count). The molecule has 4 heteroatoms. The molecule has 0 amide bonds. The van der Waals surface area contributed by atoms with Crippen LogP contribution in [0.1, 0.15) is 0 Å². The molecule has 0 saturated carbocycles. The Hall–Kier alpha value is -3.92. The van der Waals surface area contributed by atoms with Crippen molar-refractivity contribution in [2.45, 2.75) is 0 Å². The lowest BCUT2D eigenvalue weighted by Crippen LogP contribution is -1.82. The molecule has 0 spiro atoms. The van der Waals surface area contributed by atoms with Crippen LogP contribution in [-0.2, 0) is 0 Å². The van der Waals surface area contributed by atoms with Crippen molar-refractivity contribution < 1.29 is 0 Å². The molecular formula is C24H16N4. The fourth-order valence-corrected chi connectivity index (χ4v) is 3.39. The summed E-state index contributed by atoms with van der Waals surface area (Å²) in [5.41, 5.74) is 4.05. The van der Waals surface area contributed by atoms with Gasteiger partial charge < -0.3 is 0 Å². The second-order valence-corrected chi connectivity index (χ2v) is 6.42. The smallest absolute Gasteiger partial charge is 0.0795 e. The second kappa shape index (κ2) is 7.00. The van der Waals surface area contributed by atoms with Gasteiger partial charge in [-0.1, -0.05) is 24.3 Å². The third-order valence-corrected chi connectivity index (χ3v) is 4.71. The van der Waals surface area contributed by atoms with Gasteiger partial charge >= 0.3 is 0 Å². The Morgan fingerprint density at radius 1 is 0.393 bits per heavy atom. The first-order chi connectivity index (χ1) is 13.9. The van der Waals surface area contributed by atoms with Crippen LogP contribution in [0.15, 0.2) is 97.6 Å². The predicted octanol–water partition coefficient (Wildman–Crippen LogP) is 5.57. The molecule has 0 N–H and O–H groups in total. The molecule has 6 aromatic rings. The van der Waals surface area contributed by atoms with E-state index >= 15 is 0 Å². The Labute approximate surface area is 161 Å².